The van der Waals surface area contributed by atoms with E-state index in [9.17, 15) is 43.2 Å². The van der Waals surface area contributed by atoms with Gasteiger partial charge >= 0.3 is 39.5 Å². The standard InChI is InChI=1S/C81H154O17P2/c1-8-11-12-13-14-15-16-17-22-27-30-36-41-50-57-64-80(85)97-76(68-91-78(83)62-55-48-40-35-29-26-24-21-19-18-20-23-25-28-34-39-46-53-60-73(6)9-2)70-95-99(87,88)93-66-75(82)67-94-100(89,90)96-71-77(69-92-79(84)63-56-49-44-43-47-54-61-74(7)10-3)98-81(86)65-58-51-42-37-32-31-33-38-45-52-59-72(4)5/h15-17,22,72-77,82H,8-14,18-21,23-71H2,1-7H3,(H,87,88)(H,89,90)/b16-15-,22-17-/t73?,74?,75-,76-,77-/m1/s1. The Bertz CT molecular complexity index is 2040. The van der Waals surface area contributed by atoms with E-state index in [1.54, 1.807) is 0 Å². The number of rotatable bonds is 77. The molecule has 19 heteroatoms. The van der Waals surface area contributed by atoms with E-state index in [0.29, 0.717) is 25.7 Å². The van der Waals surface area contributed by atoms with Gasteiger partial charge in [-0.2, -0.15) is 0 Å². The van der Waals surface area contributed by atoms with Crippen LogP contribution in [0.1, 0.15) is 395 Å². The fourth-order valence-corrected chi connectivity index (χ4v) is 13.5. The number of esters is 4. The highest BCUT2D eigenvalue weighted by Gasteiger charge is 2.30. The molecule has 0 aliphatic rings. The van der Waals surface area contributed by atoms with Gasteiger partial charge in [0, 0.05) is 25.7 Å². The molecule has 0 radical (unpaired) electrons. The Hall–Kier alpha value is -2.46. The Morgan fingerprint density at radius 3 is 0.890 bits per heavy atom. The fraction of sp³-hybridized carbons (Fsp3) is 0.901. The van der Waals surface area contributed by atoms with Gasteiger partial charge in [-0.3, -0.25) is 37.3 Å². The molecule has 0 aliphatic carbocycles. The van der Waals surface area contributed by atoms with Gasteiger partial charge in [0.25, 0.3) is 0 Å². The number of aliphatic hydroxyl groups is 1. The van der Waals surface area contributed by atoms with Crippen molar-refractivity contribution < 1.29 is 80.2 Å². The molecule has 0 saturated carbocycles. The summed E-state index contributed by atoms with van der Waals surface area (Å²) < 4.78 is 68.6. The molecule has 0 spiro atoms. The second-order valence-corrected chi connectivity index (χ2v) is 32.3. The van der Waals surface area contributed by atoms with E-state index >= 15 is 0 Å². The van der Waals surface area contributed by atoms with Crippen LogP contribution >= 0.6 is 15.6 Å². The van der Waals surface area contributed by atoms with Gasteiger partial charge in [0.1, 0.15) is 19.3 Å². The molecule has 0 rings (SSSR count). The first-order chi connectivity index (χ1) is 48.3. The summed E-state index contributed by atoms with van der Waals surface area (Å²) >= 11 is 0. The lowest BCUT2D eigenvalue weighted by Gasteiger charge is -2.21. The number of aliphatic hydroxyl groups excluding tert-OH is 1. The van der Waals surface area contributed by atoms with Crippen molar-refractivity contribution in [2.24, 2.45) is 17.8 Å². The van der Waals surface area contributed by atoms with Gasteiger partial charge in [-0.1, -0.05) is 342 Å². The van der Waals surface area contributed by atoms with Gasteiger partial charge in [0.05, 0.1) is 26.4 Å². The maximum absolute atomic E-state index is 13.1. The Morgan fingerprint density at radius 2 is 0.590 bits per heavy atom. The predicted molar refractivity (Wildman–Crippen MR) is 409 cm³/mol. The van der Waals surface area contributed by atoms with Crippen molar-refractivity contribution in [3.05, 3.63) is 24.3 Å². The Balaban J connectivity index is 5.23. The van der Waals surface area contributed by atoms with Crippen LogP contribution < -0.4 is 0 Å². The topological polar surface area (TPSA) is 237 Å². The predicted octanol–water partition coefficient (Wildman–Crippen LogP) is 23.7. The highest BCUT2D eigenvalue weighted by Crippen LogP contribution is 2.45. The summed E-state index contributed by atoms with van der Waals surface area (Å²) in [5, 5.41) is 10.6. The molecule has 0 amide bonds. The van der Waals surface area contributed by atoms with E-state index in [4.69, 9.17) is 37.0 Å². The SMILES string of the molecule is CCCCCC/C=C\C=C/CCCCCCCC(=O)O[C@H](COC(=O)CCCCCCCCCCCCCCCCCCCCC(C)CC)COP(=O)(O)OC[C@@H](O)COP(=O)(O)OC[C@@H](COC(=O)CCCCCCCCC(C)CC)OC(=O)CCCCCCCCCCCCC(C)C. The van der Waals surface area contributed by atoms with Crippen LogP contribution in [0.3, 0.4) is 0 Å². The molecule has 0 heterocycles. The average molecular weight is 1460 g/mol. The van der Waals surface area contributed by atoms with Gasteiger partial charge in [0.2, 0.25) is 0 Å². The van der Waals surface area contributed by atoms with Gasteiger partial charge in [-0.15, -0.1) is 0 Å². The third-order valence-electron chi connectivity index (χ3n) is 19.0. The second kappa shape index (κ2) is 70.8. The average Bonchev–Trinajstić information content (AvgIpc) is 0.911. The molecule has 0 aromatic heterocycles. The molecule has 590 valence electrons. The minimum Gasteiger partial charge on any atom is -0.462 e. The second-order valence-electron chi connectivity index (χ2n) is 29.4. The zero-order chi connectivity index (χ0) is 73.7. The van der Waals surface area contributed by atoms with E-state index in [2.05, 4.69) is 72.8 Å². The summed E-state index contributed by atoms with van der Waals surface area (Å²) in [6, 6.07) is 0. The van der Waals surface area contributed by atoms with Gasteiger partial charge < -0.3 is 33.8 Å². The Morgan fingerprint density at radius 1 is 0.330 bits per heavy atom. The van der Waals surface area contributed by atoms with Crippen molar-refractivity contribution in [2.75, 3.05) is 39.6 Å². The molecule has 4 unspecified atom stereocenters. The van der Waals surface area contributed by atoms with Crippen molar-refractivity contribution in [1.29, 1.82) is 0 Å². The molecule has 7 atom stereocenters. The van der Waals surface area contributed by atoms with E-state index < -0.39 is 97.5 Å². The molecule has 100 heavy (non-hydrogen) atoms. The number of hydrogen-bond donors (Lipinski definition) is 3. The first-order valence-corrected chi connectivity index (χ1v) is 44.2. The summed E-state index contributed by atoms with van der Waals surface area (Å²) in [5.41, 5.74) is 0. The molecule has 17 nitrogen and oxygen atoms in total. The van der Waals surface area contributed by atoms with Crippen LogP contribution in [0.25, 0.3) is 0 Å². The van der Waals surface area contributed by atoms with E-state index in [1.165, 1.54) is 186 Å². The number of phosphoric ester groups is 2. The summed E-state index contributed by atoms with van der Waals surface area (Å²) in [4.78, 5) is 72.9. The van der Waals surface area contributed by atoms with Crippen LogP contribution in [0.15, 0.2) is 24.3 Å². The number of carbonyl (C=O) groups is 4. The highest BCUT2D eigenvalue weighted by atomic mass is 31.2. The quantitative estimate of drug-likeness (QED) is 0.0169. The Kier molecular flexibility index (Phi) is 69.1. The number of phosphoric acid groups is 2. The zero-order valence-corrected chi connectivity index (χ0v) is 66.9. The molecular formula is C81H154O17P2. The summed E-state index contributed by atoms with van der Waals surface area (Å²) in [6.07, 6.45) is 62.0. The maximum Gasteiger partial charge on any atom is 0.472 e. The third kappa shape index (κ3) is 71.2. The third-order valence-corrected chi connectivity index (χ3v) is 20.9. The Labute approximate surface area is 612 Å². The minimum absolute atomic E-state index is 0.0852. The van der Waals surface area contributed by atoms with Crippen molar-refractivity contribution >= 4 is 39.5 Å². The number of allylic oxidation sites excluding steroid dienone is 4. The van der Waals surface area contributed by atoms with Crippen LogP contribution in [0.2, 0.25) is 0 Å². The van der Waals surface area contributed by atoms with E-state index in [1.807, 2.05) is 0 Å². The lowest BCUT2D eigenvalue weighted by molar-refractivity contribution is -0.161. The smallest absolute Gasteiger partial charge is 0.462 e. The van der Waals surface area contributed by atoms with Crippen LogP contribution in [-0.2, 0) is 65.4 Å². The van der Waals surface area contributed by atoms with Gasteiger partial charge in [-0.05, 0) is 69.1 Å². The summed E-state index contributed by atoms with van der Waals surface area (Å²) in [5.74, 6) is 0.207. The first-order valence-electron chi connectivity index (χ1n) is 41.2. The molecular weight excluding hydrogens is 1310 g/mol. The summed E-state index contributed by atoms with van der Waals surface area (Å²) in [6.45, 7) is 11.9. The van der Waals surface area contributed by atoms with Crippen molar-refractivity contribution in [2.45, 2.75) is 414 Å². The van der Waals surface area contributed by atoms with Crippen LogP contribution in [0, 0.1) is 17.8 Å². The number of unbranched alkanes of at least 4 members (excludes halogenated alkanes) is 40. The largest absolute Gasteiger partial charge is 0.472 e. The molecule has 0 aromatic carbocycles. The molecule has 3 N–H and O–H groups in total. The molecule has 0 bridgehead atoms. The number of ether oxygens (including phenoxy) is 4. The number of hydrogen-bond acceptors (Lipinski definition) is 15. The lowest BCUT2D eigenvalue weighted by Crippen LogP contribution is -2.30. The molecule has 0 saturated heterocycles. The van der Waals surface area contributed by atoms with Crippen molar-refractivity contribution in [3.63, 3.8) is 0 Å². The van der Waals surface area contributed by atoms with Gasteiger partial charge in [-0.25, -0.2) is 9.13 Å². The van der Waals surface area contributed by atoms with Crippen LogP contribution in [0.4, 0.5) is 0 Å². The van der Waals surface area contributed by atoms with Crippen molar-refractivity contribution in [1.82, 2.24) is 0 Å². The normalized spacial score (nSPS) is 14.7. The maximum atomic E-state index is 13.1. The highest BCUT2D eigenvalue weighted by molar-refractivity contribution is 7.47. The zero-order valence-electron chi connectivity index (χ0n) is 65.2. The van der Waals surface area contributed by atoms with Crippen LogP contribution in [-0.4, -0.2) is 96.7 Å². The molecule has 0 aromatic rings. The van der Waals surface area contributed by atoms with Crippen LogP contribution in [0.5, 0.6) is 0 Å². The lowest BCUT2D eigenvalue weighted by atomic mass is 9.99. The minimum atomic E-state index is -4.97. The fourth-order valence-electron chi connectivity index (χ4n) is 11.9. The van der Waals surface area contributed by atoms with E-state index in [-0.39, 0.29) is 25.7 Å². The molecule has 0 fully saturated rings. The molecule has 0 aliphatic heterocycles. The summed E-state index contributed by atoms with van der Waals surface area (Å²) in [7, 11) is -9.93. The van der Waals surface area contributed by atoms with E-state index in [0.717, 1.165) is 127 Å². The van der Waals surface area contributed by atoms with Gasteiger partial charge in [0.15, 0.2) is 12.2 Å². The number of carbonyl (C=O) groups excluding carboxylic acids is 4. The first kappa shape index (κ1) is 97.5. The van der Waals surface area contributed by atoms with Crippen molar-refractivity contribution in [3.8, 4) is 0 Å². The monoisotopic (exact) mass is 1460 g/mol.